The largest absolute Gasteiger partial charge is 0.444 e. The number of nitrogens with one attached hydrogen (secondary N) is 2. The molecule has 8 heteroatoms. The van der Waals surface area contributed by atoms with E-state index in [2.05, 4.69) is 25.7 Å². The first-order valence-electron chi connectivity index (χ1n) is 7.37. The van der Waals surface area contributed by atoms with E-state index < -0.39 is 11.7 Å². The van der Waals surface area contributed by atoms with Crippen molar-refractivity contribution in [2.45, 2.75) is 26.4 Å². The highest BCUT2D eigenvalue weighted by Gasteiger charge is 2.15. The maximum absolute atomic E-state index is 11.5. The van der Waals surface area contributed by atoms with Gasteiger partial charge in [0.1, 0.15) is 5.60 Å². The van der Waals surface area contributed by atoms with Crippen LogP contribution < -0.4 is 10.6 Å². The van der Waals surface area contributed by atoms with Gasteiger partial charge in [-0.2, -0.15) is 5.10 Å². The average Bonchev–Trinajstić information content (AvgIpc) is 2.88. The van der Waals surface area contributed by atoms with Crippen LogP contribution in [0.15, 0.2) is 24.5 Å². The van der Waals surface area contributed by atoms with Gasteiger partial charge >= 0.3 is 6.09 Å². The Labute approximate surface area is 135 Å². The van der Waals surface area contributed by atoms with Gasteiger partial charge in [0.25, 0.3) is 0 Å². The summed E-state index contributed by atoms with van der Waals surface area (Å²) in [6, 6.07) is 3.71. The Balaban J connectivity index is 1.83. The molecule has 124 valence electrons. The summed E-state index contributed by atoms with van der Waals surface area (Å²) in [5.41, 5.74) is 1.18. The van der Waals surface area contributed by atoms with E-state index >= 15 is 0 Å². The molecule has 2 aromatic rings. The van der Waals surface area contributed by atoms with Gasteiger partial charge < -0.3 is 15.4 Å². The van der Waals surface area contributed by atoms with Crippen LogP contribution >= 0.6 is 0 Å². The summed E-state index contributed by atoms with van der Waals surface area (Å²) in [6.07, 6.45) is 2.96. The lowest BCUT2D eigenvalue weighted by Gasteiger charge is -2.19. The molecule has 0 saturated carbocycles. The summed E-state index contributed by atoms with van der Waals surface area (Å²) in [6.45, 7) is 6.37. The van der Waals surface area contributed by atoms with Crippen LogP contribution in [0, 0.1) is 0 Å². The topological polar surface area (TPSA) is 94.0 Å². The lowest BCUT2D eigenvalue weighted by molar-refractivity contribution is 0.0530. The molecule has 0 aliphatic heterocycles. The minimum absolute atomic E-state index is 0.411. The van der Waals surface area contributed by atoms with Gasteiger partial charge in [0.15, 0.2) is 0 Å². The van der Waals surface area contributed by atoms with E-state index in [1.807, 2.05) is 40.0 Å². The third-order valence-electron chi connectivity index (χ3n) is 2.82. The molecule has 0 bridgehead atoms. The van der Waals surface area contributed by atoms with Crippen LogP contribution in [0.25, 0.3) is 11.4 Å². The number of carbonyl (C=O) groups excluding carboxylic acids is 1. The highest BCUT2D eigenvalue weighted by atomic mass is 16.6. The van der Waals surface area contributed by atoms with Gasteiger partial charge in [-0.05, 0) is 32.9 Å². The molecule has 2 aromatic heterocycles. The summed E-state index contributed by atoms with van der Waals surface area (Å²) in [4.78, 5) is 20.1. The van der Waals surface area contributed by atoms with Crippen LogP contribution in [0.3, 0.4) is 0 Å². The van der Waals surface area contributed by atoms with Crippen molar-refractivity contribution in [2.75, 3.05) is 18.4 Å². The van der Waals surface area contributed by atoms with Gasteiger partial charge in [0.05, 0.1) is 11.4 Å². The number of anilines is 1. The van der Waals surface area contributed by atoms with Crippen molar-refractivity contribution in [1.82, 2.24) is 25.1 Å². The van der Waals surface area contributed by atoms with Crippen molar-refractivity contribution >= 4 is 12.0 Å². The molecule has 0 unspecified atom stereocenters. The molecule has 0 aliphatic rings. The molecule has 23 heavy (non-hydrogen) atoms. The first-order valence-corrected chi connectivity index (χ1v) is 7.37. The van der Waals surface area contributed by atoms with E-state index in [-0.39, 0.29) is 0 Å². The van der Waals surface area contributed by atoms with Crippen LogP contribution in [0.5, 0.6) is 0 Å². The van der Waals surface area contributed by atoms with Crippen LogP contribution in [0.1, 0.15) is 20.8 Å². The van der Waals surface area contributed by atoms with E-state index in [1.54, 1.807) is 17.1 Å². The summed E-state index contributed by atoms with van der Waals surface area (Å²) in [5.74, 6) is 0.495. The highest BCUT2D eigenvalue weighted by Crippen LogP contribution is 2.15. The Morgan fingerprint density at radius 3 is 2.70 bits per heavy atom. The second-order valence-corrected chi connectivity index (χ2v) is 5.96. The SMILES string of the molecule is Cn1nccc1-c1ccnc(NCCNC(=O)OC(C)(C)C)n1. The van der Waals surface area contributed by atoms with Crippen LogP contribution in [0.2, 0.25) is 0 Å². The summed E-state index contributed by atoms with van der Waals surface area (Å²) in [5, 5.41) is 9.85. The van der Waals surface area contributed by atoms with Crippen molar-refractivity contribution in [1.29, 1.82) is 0 Å². The van der Waals surface area contributed by atoms with Crippen molar-refractivity contribution in [2.24, 2.45) is 7.05 Å². The minimum Gasteiger partial charge on any atom is -0.444 e. The highest BCUT2D eigenvalue weighted by molar-refractivity contribution is 5.67. The molecule has 1 amide bonds. The maximum Gasteiger partial charge on any atom is 0.407 e. The van der Waals surface area contributed by atoms with Crippen molar-refractivity contribution in [3.05, 3.63) is 24.5 Å². The molecule has 0 saturated heterocycles. The Bertz CT molecular complexity index is 662. The van der Waals surface area contributed by atoms with E-state index in [4.69, 9.17) is 4.74 Å². The minimum atomic E-state index is -0.502. The van der Waals surface area contributed by atoms with Crippen LogP contribution in [0.4, 0.5) is 10.7 Å². The third kappa shape index (κ3) is 5.24. The second kappa shape index (κ2) is 7.08. The van der Waals surface area contributed by atoms with E-state index in [0.717, 1.165) is 11.4 Å². The lowest BCUT2D eigenvalue weighted by Crippen LogP contribution is -2.35. The Morgan fingerprint density at radius 2 is 2.04 bits per heavy atom. The number of rotatable bonds is 5. The second-order valence-electron chi connectivity index (χ2n) is 5.96. The number of hydrogen-bond donors (Lipinski definition) is 2. The third-order valence-corrected chi connectivity index (χ3v) is 2.82. The zero-order chi connectivity index (χ0) is 16.9. The Morgan fingerprint density at radius 1 is 1.26 bits per heavy atom. The van der Waals surface area contributed by atoms with Crippen molar-refractivity contribution in [3.63, 3.8) is 0 Å². The van der Waals surface area contributed by atoms with Gasteiger partial charge in [0, 0.05) is 32.5 Å². The number of nitrogens with zero attached hydrogens (tertiary/aromatic N) is 4. The van der Waals surface area contributed by atoms with Gasteiger partial charge in [-0.15, -0.1) is 0 Å². The molecule has 0 atom stereocenters. The maximum atomic E-state index is 11.5. The van der Waals surface area contributed by atoms with Gasteiger partial charge in [-0.3, -0.25) is 4.68 Å². The van der Waals surface area contributed by atoms with Crippen molar-refractivity contribution < 1.29 is 9.53 Å². The van der Waals surface area contributed by atoms with Crippen molar-refractivity contribution in [3.8, 4) is 11.4 Å². The number of amides is 1. The zero-order valence-corrected chi connectivity index (χ0v) is 13.8. The van der Waals surface area contributed by atoms with E-state index in [9.17, 15) is 4.79 Å². The molecule has 2 heterocycles. The summed E-state index contributed by atoms with van der Waals surface area (Å²) in [7, 11) is 1.86. The van der Waals surface area contributed by atoms with Crippen LogP contribution in [-0.2, 0) is 11.8 Å². The first kappa shape index (κ1) is 16.7. The smallest absolute Gasteiger partial charge is 0.407 e. The molecule has 0 spiro atoms. The van der Waals surface area contributed by atoms with Gasteiger partial charge in [0.2, 0.25) is 5.95 Å². The quantitative estimate of drug-likeness (QED) is 0.817. The van der Waals surface area contributed by atoms with Gasteiger partial charge in [-0.1, -0.05) is 0 Å². The zero-order valence-electron chi connectivity index (χ0n) is 13.8. The Kier molecular flexibility index (Phi) is 5.15. The fraction of sp³-hybridized carbons (Fsp3) is 0.467. The molecule has 0 radical (unpaired) electrons. The number of ether oxygens (including phenoxy) is 1. The Hall–Kier alpha value is -2.64. The monoisotopic (exact) mass is 318 g/mol. The van der Waals surface area contributed by atoms with Crippen LogP contribution in [-0.4, -0.2) is 44.5 Å². The van der Waals surface area contributed by atoms with Gasteiger partial charge in [-0.25, -0.2) is 14.8 Å². The standard InChI is InChI=1S/C15H22N6O2/c1-15(2,3)23-14(22)18-10-9-17-13-16-7-5-11(20-13)12-6-8-19-21(12)4/h5-8H,9-10H2,1-4H3,(H,18,22)(H,16,17,20). The number of aromatic nitrogens is 4. The average molecular weight is 318 g/mol. The molecule has 2 N–H and O–H groups in total. The summed E-state index contributed by atoms with van der Waals surface area (Å²) >= 11 is 0. The fourth-order valence-electron chi connectivity index (χ4n) is 1.86. The molecule has 0 aromatic carbocycles. The fourth-order valence-corrected chi connectivity index (χ4v) is 1.86. The molecule has 8 nitrogen and oxygen atoms in total. The predicted octanol–water partition coefficient (Wildman–Crippen LogP) is 1.81. The number of hydrogen-bond acceptors (Lipinski definition) is 6. The normalized spacial score (nSPS) is 11.1. The molecular weight excluding hydrogens is 296 g/mol. The molecular formula is C15H22N6O2. The first-order chi connectivity index (χ1) is 10.8. The number of alkyl carbamates (subject to hydrolysis) is 1. The molecule has 0 fully saturated rings. The predicted molar refractivity (Wildman–Crippen MR) is 87.0 cm³/mol. The summed E-state index contributed by atoms with van der Waals surface area (Å²) < 4.78 is 6.90. The molecule has 2 rings (SSSR count). The molecule has 0 aliphatic carbocycles. The van der Waals surface area contributed by atoms with E-state index in [1.165, 1.54) is 0 Å². The number of aryl methyl sites for hydroxylation is 1. The lowest BCUT2D eigenvalue weighted by atomic mass is 10.2. The number of carbonyl (C=O) groups is 1. The van der Waals surface area contributed by atoms with E-state index in [0.29, 0.717) is 19.0 Å².